The molecule has 0 fully saturated rings. The maximum absolute atomic E-state index is 4.45. The molecule has 1 atom stereocenters. The van der Waals surface area contributed by atoms with Crippen LogP contribution in [0.1, 0.15) is 32.2 Å². The van der Waals surface area contributed by atoms with Crippen molar-refractivity contribution in [2.45, 2.75) is 34.6 Å². The number of hydrogen-bond acceptors (Lipinski definition) is 4. The quantitative estimate of drug-likeness (QED) is 0.825. The van der Waals surface area contributed by atoms with E-state index in [9.17, 15) is 0 Å². The van der Waals surface area contributed by atoms with E-state index in [0.717, 1.165) is 29.6 Å². The number of rotatable bonds is 5. The molecule has 1 rings (SSSR count). The van der Waals surface area contributed by atoms with Crippen molar-refractivity contribution in [2.75, 3.05) is 24.2 Å². The largest absolute Gasteiger partial charge is 0.373 e. The van der Waals surface area contributed by atoms with Gasteiger partial charge in [-0.3, -0.25) is 0 Å². The molecule has 1 aromatic heterocycles. The molecule has 0 saturated carbocycles. The average molecular weight is 236 g/mol. The van der Waals surface area contributed by atoms with Gasteiger partial charge in [0, 0.05) is 19.2 Å². The number of nitrogens with zero attached hydrogens (tertiary/aromatic N) is 2. The van der Waals surface area contributed by atoms with Crippen LogP contribution >= 0.6 is 0 Å². The monoisotopic (exact) mass is 236 g/mol. The fraction of sp³-hybridized carbons (Fsp3) is 0.692. The maximum Gasteiger partial charge on any atom is 0.134 e. The van der Waals surface area contributed by atoms with E-state index in [2.05, 4.69) is 41.4 Å². The van der Waals surface area contributed by atoms with Gasteiger partial charge in [0.2, 0.25) is 0 Å². The molecule has 2 N–H and O–H groups in total. The predicted molar refractivity (Wildman–Crippen MR) is 73.5 cm³/mol. The van der Waals surface area contributed by atoms with Crippen molar-refractivity contribution in [3.8, 4) is 0 Å². The Morgan fingerprint density at radius 2 is 1.65 bits per heavy atom. The molecule has 0 aromatic carbocycles. The van der Waals surface area contributed by atoms with Crippen LogP contribution in [-0.4, -0.2) is 23.6 Å². The van der Waals surface area contributed by atoms with Crippen molar-refractivity contribution < 1.29 is 0 Å². The number of aromatic nitrogens is 2. The van der Waals surface area contributed by atoms with Crippen LogP contribution in [0.25, 0.3) is 0 Å². The highest BCUT2D eigenvalue weighted by atomic mass is 15.1. The van der Waals surface area contributed by atoms with E-state index in [1.807, 2.05) is 20.9 Å². The van der Waals surface area contributed by atoms with E-state index in [1.165, 1.54) is 0 Å². The highest BCUT2D eigenvalue weighted by molar-refractivity contribution is 5.56. The van der Waals surface area contributed by atoms with E-state index in [4.69, 9.17) is 0 Å². The molecule has 0 aliphatic heterocycles. The molecule has 0 bridgehead atoms. The van der Waals surface area contributed by atoms with Gasteiger partial charge in [0.1, 0.15) is 17.5 Å². The molecule has 17 heavy (non-hydrogen) atoms. The third-order valence-corrected chi connectivity index (χ3v) is 3.22. The van der Waals surface area contributed by atoms with Gasteiger partial charge in [0.25, 0.3) is 0 Å². The highest BCUT2D eigenvalue weighted by Gasteiger charge is 2.11. The molecule has 1 heterocycles. The molecule has 0 spiro atoms. The van der Waals surface area contributed by atoms with Crippen LogP contribution in [0.5, 0.6) is 0 Å². The van der Waals surface area contributed by atoms with Gasteiger partial charge in [0.15, 0.2) is 0 Å². The molecular formula is C13H24N4. The normalized spacial score (nSPS) is 12.6. The van der Waals surface area contributed by atoms with Crippen molar-refractivity contribution in [2.24, 2.45) is 11.8 Å². The van der Waals surface area contributed by atoms with Crippen LogP contribution in [0.4, 0.5) is 11.6 Å². The fourth-order valence-electron chi connectivity index (χ4n) is 1.54. The van der Waals surface area contributed by atoms with Crippen LogP contribution in [0.15, 0.2) is 0 Å². The lowest BCUT2D eigenvalue weighted by Crippen LogP contribution is -2.18. The first kappa shape index (κ1) is 13.7. The molecule has 0 aliphatic carbocycles. The lowest BCUT2D eigenvalue weighted by Gasteiger charge is -2.18. The summed E-state index contributed by atoms with van der Waals surface area (Å²) in [4.78, 5) is 8.80. The minimum atomic E-state index is 0.628. The van der Waals surface area contributed by atoms with Gasteiger partial charge in [-0.15, -0.1) is 0 Å². The van der Waals surface area contributed by atoms with Crippen molar-refractivity contribution in [1.29, 1.82) is 0 Å². The Kier molecular flexibility index (Phi) is 4.73. The zero-order chi connectivity index (χ0) is 13.0. The highest BCUT2D eigenvalue weighted by Crippen LogP contribution is 2.20. The Hall–Kier alpha value is -1.32. The number of aryl methyl sites for hydroxylation is 1. The van der Waals surface area contributed by atoms with Gasteiger partial charge in [-0.1, -0.05) is 20.8 Å². The number of hydrogen-bond donors (Lipinski definition) is 2. The van der Waals surface area contributed by atoms with Gasteiger partial charge >= 0.3 is 0 Å². The van der Waals surface area contributed by atoms with Gasteiger partial charge in [-0.05, 0) is 25.7 Å². The first-order valence-corrected chi connectivity index (χ1v) is 6.22. The number of nitrogens with one attached hydrogen (secondary N) is 2. The third-order valence-electron chi connectivity index (χ3n) is 3.22. The van der Waals surface area contributed by atoms with Gasteiger partial charge in [0.05, 0.1) is 0 Å². The lowest BCUT2D eigenvalue weighted by atomic mass is 9.98. The topological polar surface area (TPSA) is 49.8 Å². The predicted octanol–water partition coefficient (Wildman–Crippen LogP) is 2.84. The minimum absolute atomic E-state index is 0.628. The van der Waals surface area contributed by atoms with Gasteiger partial charge in [-0.25, -0.2) is 9.97 Å². The summed E-state index contributed by atoms with van der Waals surface area (Å²) in [6, 6.07) is 0. The molecule has 1 unspecified atom stereocenters. The third kappa shape index (κ3) is 3.58. The standard InChI is InChI=1S/C13H24N4/c1-8(2)9(3)7-15-13-10(4)12(14-6)16-11(5)17-13/h8-9H,7H2,1-6H3,(H2,14,15,16,17). The molecule has 96 valence electrons. The Bertz CT molecular complexity index is 374. The lowest BCUT2D eigenvalue weighted by molar-refractivity contribution is 0.439. The summed E-state index contributed by atoms with van der Waals surface area (Å²) in [6.07, 6.45) is 0. The second-order valence-electron chi connectivity index (χ2n) is 4.95. The van der Waals surface area contributed by atoms with Crippen LogP contribution < -0.4 is 10.6 Å². The Labute approximate surface area is 104 Å². The van der Waals surface area contributed by atoms with Crippen molar-refractivity contribution in [3.63, 3.8) is 0 Å². The smallest absolute Gasteiger partial charge is 0.134 e. The first-order chi connectivity index (χ1) is 7.95. The molecular weight excluding hydrogens is 212 g/mol. The summed E-state index contributed by atoms with van der Waals surface area (Å²) in [7, 11) is 1.88. The zero-order valence-electron chi connectivity index (χ0n) is 11.8. The Morgan fingerprint density at radius 1 is 1.06 bits per heavy atom. The SMILES string of the molecule is CNc1nc(C)nc(NCC(C)C(C)C)c1C. The minimum Gasteiger partial charge on any atom is -0.373 e. The van der Waals surface area contributed by atoms with E-state index >= 15 is 0 Å². The molecule has 1 aromatic rings. The Morgan fingerprint density at radius 3 is 2.18 bits per heavy atom. The molecule has 0 aliphatic rings. The summed E-state index contributed by atoms with van der Waals surface area (Å²) < 4.78 is 0. The maximum atomic E-state index is 4.45. The second kappa shape index (κ2) is 5.84. The van der Waals surface area contributed by atoms with Crippen molar-refractivity contribution >= 4 is 11.6 Å². The fourth-order valence-corrected chi connectivity index (χ4v) is 1.54. The molecule has 0 amide bonds. The van der Waals surface area contributed by atoms with Crippen LogP contribution in [0, 0.1) is 25.7 Å². The molecule has 0 saturated heterocycles. The van der Waals surface area contributed by atoms with Crippen LogP contribution in [-0.2, 0) is 0 Å². The molecule has 4 heteroatoms. The summed E-state index contributed by atoms with van der Waals surface area (Å²) in [5, 5.41) is 6.51. The van der Waals surface area contributed by atoms with Crippen LogP contribution in [0.2, 0.25) is 0 Å². The van der Waals surface area contributed by atoms with E-state index < -0.39 is 0 Å². The molecule has 4 nitrogen and oxygen atoms in total. The zero-order valence-corrected chi connectivity index (χ0v) is 11.8. The van der Waals surface area contributed by atoms with Crippen molar-refractivity contribution in [1.82, 2.24) is 9.97 Å². The molecule has 0 radical (unpaired) electrons. The van der Waals surface area contributed by atoms with Gasteiger partial charge in [-0.2, -0.15) is 0 Å². The summed E-state index contributed by atoms with van der Waals surface area (Å²) in [5.74, 6) is 3.93. The summed E-state index contributed by atoms with van der Waals surface area (Å²) >= 11 is 0. The second-order valence-corrected chi connectivity index (χ2v) is 4.95. The summed E-state index contributed by atoms with van der Waals surface area (Å²) in [5.41, 5.74) is 1.08. The average Bonchev–Trinajstić information content (AvgIpc) is 2.29. The first-order valence-electron chi connectivity index (χ1n) is 6.22. The van der Waals surface area contributed by atoms with E-state index in [1.54, 1.807) is 0 Å². The number of anilines is 2. The summed E-state index contributed by atoms with van der Waals surface area (Å²) in [6.45, 7) is 11.6. The van der Waals surface area contributed by atoms with Crippen molar-refractivity contribution in [3.05, 3.63) is 11.4 Å². The van der Waals surface area contributed by atoms with Gasteiger partial charge < -0.3 is 10.6 Å². The van der Waals surface area contributed by atoms with E-state index in [-0.39, 0.29) is 0 Å². The van der Waals surface area contributed by atoms with Crippen LogP contribution in [0.3, 0.4) is 0 Å². The van der Waals surface area contributed by atoms with E-state index in [0.29, 0.717) is 11.8 Å². The Balaban J connectivity index is 2.80.